The van der Waals surface area contributed by atoms with Crippen LogP contribution in [-0.2, 0) is 10.0 Å². The fourth-order valence-electron chi connectivity index (χ4n) is 4.07. The van der Waals surface area contributed by atoms with E-state index in [-0.39, 0.29) is 10.6 Å². The van der Waals surface area contributed by atoms with E-state index >= 15 is 0 Å². The fraction of sp³-hybridized carbons (Fsp3) is 0. The zero-order chi connectivity index (χ0) is 25.8. The number of urea groups is 2. The molecule has 5 aromatic carbocycles. The second-order valence-corrected chi connectivity index (χ2v) is 9.84. The number of benzene rings is 5. The van der Waals surface area contributed by atoms with Gasteiger partial charge in [-0.05, 0) is 35.0 Å². The summed E-state index contributed by atoms with van der Waals surface area (Å²) in [6, 6.07) is 30.1. The maximum absolute atomic E-state index is 13.1. The van der Waals surface area contributed by atoms with E-state index in [4.69, 9.17) is 0 Å². The van der Waals surface area contributed by atoms with Crippen molar-refractivity contribution in [2.45, 2.75) is 4.90 Å². The smallest absolute Gasteiger partial charge is 0.307 e. The minimum Gasteiger partial charge on any atom is -0.307 e. The molecule has 0 heterocycles. The maximum Gasteiger partial charge on any atom is 0.333 e. The minimum absolute atomic E-state index is 0.0192. The lowest BCUT2D eigenvalue weighted by Gasteiger charge is -2.14. The number of nitrogens with one attached hydrogen (secondary N) is 4. The summed E-state index contributed by atoms with van der Waals surface area (Å²) in [5, 5.41) is 11.4. The van der Waals surface area contributed by atoms with Gasteiger partial charge in [0.25, 0.3) is 10.0 Å². The molecule has 9 heteroatoms. The molecule has 4 amide bonds. The van der Waals surface area contributed by atoms with Crippen molar-refractivity contribution in [3.63, 3.8) is 0 Å². The molecule has 0 saturated heterocycles. The summed E-state index contributed by atoms with van der Waals surface area (Å²) in [6.07, 6.45) is 0. The van der Waals surface area contributed by atoms with Gasteiger partial charge < -0.3 is 16.0 Å². The lowest BCUT2D eigenvalue weighted by atomic mass is 10.1. The van der Waals surface area contributed by atoms with Crippen LogP contribution in [0, 0.1) is 0 Å². The molecule has 5 aromatic rings. The first kappa shape index (κ1) is 23.8. The van der Waals surface area contributed by atoms with Crippen LogP contribution in [0.4, 0.5) is 26.7 Å². The van der Waals surface area contributed by atoms with Crippen molar-refractivity contribution in [1.29, 1.82) is 0 Å². The number of anilines is 3. The highest BCUT2D eigenvalue weighted by Gasteiger charge is 2.22. The van der Waals surface area contributed by atoms with Crippen LogP contribution in [0.2, 0.25) is 0 Å². The van der Waals surface area contributed by atoms with E-state index in [1.165, 1.54) is 18.2 Å². The van der Waals surface area contributed by atoms with Crippen molar-refractivity contribution in [3.8, 4) is 0 Å². The van der Waals surface area contributed by atoms with Crippen LogP contribution in [0.3, 0.4) is 0 Å². The Morgan fingerprint density at radius 1 is 0.486 bits per heavy atom. The van der Waals surface area contributed by atoms with Crippen molar-refractivity contribution in [1.82, 2.24) is 4.72 Å². The Balaban J connectivity index is 1.33. The van der Waals surface area contributed by atoms with Crippen LogP contribution in [0.1, 0.15) is 0 Å². The van der Waals surface area contributed by atoms with E-state index in [1.54, 1.807) is 24.3 Å². The summed E-state index contributed by atoms with van der Waals surface area (Å²) in [7, 11) is -4.32. The summed E-state index contributed by atoms with van der Waals surface area (Å²) in [6.45, 7) is 0. The van der Waals surface area contributed by atoms with Gasteiger partial charge in [0, 0.05) is 10.8 Å². The Hall–Kier alpha value is -4.89. The molecule has 0 bridgehead atoms. The zero-order valence-corrected chi connectivity index (χ0v) is 20.3. The second kappa shape index (κ2) is 10.00. The third-order valence-corrected chi connectivity index (χ3v) is 7.12. The van der Waals surface area contributed by atoms with E-state index in [0.29, 0.717) is 11.4 Å². The lowest BCUT2D eigenvalue weighted by molar-refractivity contribution is 0.256. The van der Waals surface area contributed by atoms with Gasteiger partial charge in [-0.2, -0.15) is 0 Å². The fourth-order valence-corrected chi connectivity index (χ4v) is 5.15. The molecule has 5 rings (SSSR count). The largest absolute Gasteiger partial charge is 0.333 e. The maximum atomic E-state index is 13.1. The molecule has 184 valence electrons. The third-order valence-electron chi connectivity index (χ3n) is 5.73. The highest BCUT2D eigenvalue weighted by Crippen LogP contribution is 2.26. The molecule has 0 spiro atoms. The molecule has 4 N–H and O–H groups in total. The average molecular weight is 511 g/mol. The molecular weight excluding hydrogens is 488 g/mol. The third kappa shape index (κ3) is 5.21. The summed E-state index contributed by atoms with van der Waals surface area (Å²) in [4.78, 5) is 25.2. The van der Waals surface area contributed by atoms with Crippen molar-refractivity contribution in [2.75, 3.05) is 16.0 Å². The van der Waals surface area contributed by atoms with Crippen molar-refractivity contribution < 1.29 is 18.0 Å². The standard InChI is InChI=1S/C28H22N4O4S/c33-27(29-23-16-7-11-19-9-1-3-13-21(19)23)31-25-15-5-6-18-26(25)37(35,36)32-28(34)30-24-17-8-12-20-10-2-4-14-22(20)24/h1-18H,(H2,29,31,33)(H2,30,32,34). The predicted octanol–water partition coefficient (Wildman–Crippen LogP) is 6.15. The number of rotatable bonds is 5. The molecule has 0 saturated carbocycles. The van der Waals surface area contributed by atoms with Crippen molar-refractivity contribution in [3.05, 3.63) is 109 Å². The lowest BCUT2D eigenvalue weighted by Crippen LogP contribution is -2.35. The highest BCUT2D eigenvalue weighted by molar-refractivity contribution is 7.90. The number of amides is 4. The van der Waals surface area contributed by atoms with E-state index in [9.17, 15) is 18.0 Å². The van der Waals surface area contributed by atoms with Crippen LogP contribution in [0.15, 0.2) is 114 Å². The zero-order valence-electron chi connectivity index (χ0n) is 19.4. The normalized spacial score (nSPS) is 11.1. The Labute approximate surface area is 213 Å². The van der Waals surface area contributed by atoms with Crippen LogP contribution < -0.4 is 20.7 Å². The van der Waals surface area contributed by atoms with E-state index < -0.39 is 22.1 Å². The van der Waals surface area contributed by atoms with Gasteiger partial charge in [-0.25, -0.2) is 22.7 Å². The first-order chi connectivity index (χ1) is 17.9. The summed E-state index contributed by atoms with van der Waals surface area (Å²) in [5.41, 5.74) is 1.06. The molecular formula is C28H22N4O4S. The quantitative estimate of drug-likeness (QED) is 0.227. The topological polar surface area (TPSA) is 116 Å². The van der Waals surface area contributed by atoms with Crippen LogP contribution in [-0.4, -0.2) is 20.5 Å². The van der Waals surface area contributed by atoms with E-state index in [0.717, 1.165) is 21.5 Å². The van der Waals surface area contributed by atoms with Crippen LogP contribution >= 0.6 is 0 Å². The number of sulfonamides is 1. The Morgan fingerprint density at radius 3 is 1.54 bits per heavy atom. The summed E-state index contributed by atoms with van der Waals surface area (Å²) >= 11 is 0. The first-order valence-electron chi connectivity index (χ1n) is 11.4. The van der Waals surface area contributed by atoms with Gasteiger partial charge in [0.05, 0.1) is 17.1 Å². The number of carbonyl (C=O) groups is 2. The van der Waals surface area contributed by atoms with Crippen LogP contribution in [0.5, 0.6) is 0 Å². The van der Waals surface area contributed by atoms with E-state index in [1.807, 2.05) is 71.5 Å². The van der Waals surface area contributed by atoms with E-state index in [2.05, 4.69) is 16.0 Å². The molecule has 8 nitrogen and oxygen atoms in total. The number of para-hydroxylation sites is 1. The molecule has 0 radical (unpaired) electrons. The predicted molar refractivity (Wildman–Crippen MR) is 146 cm³/mol. The molecule has 0 atom stereocenters. The Kier molecular flexibility index (Phi) is 6.44. The number of carbonyl (C=O) groups excluding carboxylic acids is 2. The van der Waals surface area contributed by atoms with Gasteiger partial charge in [0.1, 0.15) is 4.90 Å². The number of hydrogen-bond donors (Lipinski definition) is 4. The van der Waals surface area contributed by atoms with Gasteiger partial charge >= 0.3 is 12.1 Å². The first-order valence-corrected chi connectivity index (χ1v) is 12.9. The second-order valence-electron chi connectivity index (χ2n) is 8.19. The molecule has 0 fully saturated rings. The van der Waals surface area contributed by atoms with Gasteiger partial charge in [-0.1, -0.05) is 84.9 Å². The molecule has 0 aliphatic carbocycles. The summed E-state index contributed by atoms with van der Waals surface area (Å²) < 4.78 is 28.2. The minimum atomic E-state index is -4.32. The van der Waals surface area contributed by atoms with Gasteiger partial charge in [-0.3, -0.25) is 0 Å². The Bertz CT molecular complexity index is 1740. The number of hydrogen-bond acceptors (Lipinski definition) is 4. The highest BCUT2D eigenvalue weighted by atomic mass is 32.2. The summed E-state index contributed by atoms with van der Waals surface area (Å²) in [5.74, 6) is 0. The molecule has 37 heavy (non-hydrogen) atoms. The van der Waals surface area contributed by atoms with Crippen molar-refractivity contribution >= 4 is 60.7 Å². The van der Waals surface area contributed by atoms with Gasteiger partial charge in [0.2, 0.25) is 0 Å². The molecule has 0 unspecified atom stereocenters. The molecule has 0 aliphatic rings. The average Bonchev–Trinajstić information content (AvgIpc) is 2.89. The van der Waals surface area contributed by atoms with Crippen molar-refractivity contribution in [2.24, 2.45) is 0 Å². The number of fused-ring (bicyclic) bond motifs is 2. The van der Waals surface area contributed by atoms with Gasteiger partial charge in [-0.15, -0.1) is 0 Å². The Morgan fingerprint density at radius 2 is 0.919 bits per heavy atom. The van der Waals surface area contributed by atoms with Gasteiger partial charge in [0.15, 0.2) is 0 Å². The molecule has 0 aliphatic heterocycles. The monoisotopic (exact) mass is 510 g/mol. The SMILES string of the molecule is O=C(Nc1ccccc1S(=O)(=O)NC(=O)Nc1cccc2ccccc12)Nc1cccc2ccccc12. The van der Waals surface area contributed by atoms with Crippen LogP contribution in [0.25, 0.3) is 21.5 Å². The molecule has 0 aromatic heterocycles.